The van der Waals surface area contributed by atoms with Gasteiger partial charge in [-0.05, 0) is 69.5 Å². The van der Waals surface area contributed by atoms with Crippen molar-refractivity contribution in [1.82, 2.24) is 5.32 Å². The Labute approximate surface area is 156 Å². The van der Waals surface area contributed by atoms with E-state index >= 15 is 0 Å². The quantitative estimate of drug-likeness (QED) is 0.766. The zero-order valence-corrected chi connectivity index (χ0v) is 16.3. The molecule has 0 spiro atoms. The fraction of sp³-hybridized carbons (Fsp3) is 0.409. The number of carbonyl (C=O) groups is 1. The van der Waals surface area contributed by atoms with Crippen LogP contribution < -0.4 is 14.8 Å². The Morgan fingerprint density at radius 3 is 2.27 bits per heavy atom. The van der Waals surface area contributed by atoms with Crippen LogP contribution in [0.1, 0.15) is 37.0 Å². The monoisotopic (exact) mass is 355 g/mol. The lowest BCUT2D eigenvalue weighted by atomic mass is 10.1. The number of ether oxygens (including phenoxy) is 2. The van der Waals surface area contributed by atoms with Gasteiger partial charge in [0.05, 0.1) is 6.04 Å². The highest BCUT2D eigenvalue weighted by atomic mass is 16.5. The number of nitrogens with one attached hydrogen (secondary N) is 1. The number of rotatable bonds is 8. The molecule has 0 bridgehead atoms. The molecule has 0 saturated carbocycles. The van der Waals surface area contributed by atoms with Crippen LogP contribution in [0.2, 0.25) is 0 Å². The predicted molar refractivity (Wildman–Crippen MR) is 105 cm³/mol. The summed E-state index contributed by atoms with van der Waals surface area (Å²) in [5.41, 5.74) is 3.54. The first-order chi connectivity index (χ1) is 12.4. The minimum absolute atomic E-state index is 0.110. The maximum atomic E-state index is 12.5. The zero-order chi connectivity index (χ0) is 19.1. The summed E-state index contributed by atoms with van der Waals surface area (Å²) in [6, 6.07) is 13.6. The summed E-state index contributed by atoms with van der Waals surface area (Å²) >= 11 is 0. The van der Waals surface area contributed by atoms with Gasteiger partial charge in [0.1, 0.15) is 18.1 Å². The van der Waals surface area contributed by atoms with E-state index in [2.05, 4.69) is 12.2 Å². The molecule has 2 rings (SSSR count). The summed E-state index contributed by atoms with van der Waals surface area (Å²) in [4.78, 5) is 12.5. The number of carbonyl (C=O) groups excluding carboxylic acids is 1. The van der Waals surface area contributed by atoms with Crippen molar-refractivity contribution in [3.63, 3.8) is 0 Å². The fourth-order valence-corrected chi connectivity index (χ4v) is 2.51. The topological polar surface area (TPSA) is 47.6 Å². The molecule has 4 nitrogen and oxygen atoms in total. The molecule has 140 valence electrons. The van der Waals surface area contributed by atoms with Crippen LogP contribution in [0.5, 0.6) is 11.5 Å². The van der Waals surface area contributed by atoms with Crippen molar-refractivity contribution < 1.29 is 14.3 Å². The molecule has 0 aliphatic heterocycles. The maximum Gasteiger partial charge on any atom is 0.261 e. The minimum atomic E-state index is -0.515. The van der Waals surface area contributed by atoms with Crippen LogP contribution >= 0.6 is 0 Å². The van der Waals surface area contributed by atoms with E-state index in [-0.39, 0.29) is 11.9 Å². The summed E-state index contributed by atoms with van der Waals surface area (Å²) in [5.74, 6) is 1.40. The Morgan fingerprint density at radius 1 is 1.00 bits per heavy atom. The molecule has 0 aliphatic rings. The Morgan fingerprint density at radius 2 is 1.65 bits per heavy atom. The van der Waals surface area contributed by atoms with E-state index < -0.39 is 6.10 Å². The number of benzene rings is 2. The highest BCUT2D eigenvalue weighted by Gasteiger charge is 2.20. The lowest BCUT2D eigenvalue weighted by molar-refractivity contribution is -0.128. The van der Waals surface area contributed by atoms with Gasteiger partial charge >= 0.3 is 0 Å². The SMILES string of the molecule is CC[C@H](Oc1ccc(C)c(C)c1)C(=O)N[C@@H](C)COc1ccc(C)cc1. The summed E-state index contributed by atoms with van der Waals surface area (Å²) in [6.45, 7) is 10.4. The lowest BCUT2D eigenvalue weighted by Gasteiger charge is -2.21. The highest BCUT2D eigenvalue weighted by molar-refractivity contribution is 5.81. The first kappa shape index (κ1) is 19.8. The van der Waals surface area contributed by atoms with Crippen molar-refractivity contribution in [3.8, 4) is 11.5 Å². The average Bonchev–Trinajstić information content (AvgIpc) is 2.62. The third kappa shape index (κ3) is 5.80. The molecule has 0 unspecified atom stereocenters. The molecule has 4 heteroatoms. The average molecular weight is 355 g/mol. The molecule has 2 aromatic rings. The van der Waals surface area contributed by atoms with Crippen molar-refractivity contribution in [2.75, 3.05) is 6.61 Å². The van der Waals surface area contributed by atoms with Crippen molar-refractivity contribution in [3.05, 3.63) is 59.2 Å². The van der Waals surface area contributed by atoms with E-state index in [4.69, 9.17) is 9.47 Å². The standard InChI is InChI=1S/C22H29NO3/c1-6-21(26-20-12-9-16(3)17(4)13-20)22(24)23-18(5)14-25-19-10-7-15(2)8-11-19/h7-13,18,21H,6,14H2,1-5H3,(H,23,24)/t18-,21-/m0/s1. The Balaban J connectivity index is 1.86. The summed E-state index contributed by atoms with van der Waals surface area (Å²) < 4.78 is 11.6. The second kappa shape index (κ2) is 9.27. The van der Waals surface area contributed by atoms with Crippen LogP contribution in [0.4, 0.5) is 0 Å². The molecule has 0 heterocycles. The maximum absolute atomic E-state index is 12.5. The first-order valence-corrected chi connectivity index (χ1v) is 9.12. The molecule has 0 fully saturated rings. The van der Waals surface area contributed by atoms with E-state index in [1.807, 2.05) is 70.2 Å². The molecule has 26 heavy (non-hydrogen) atoms. The van der Waals surface area contributed by atoms with Crippen LogP contribution in [-0.4, -0.2) is 24.7 Å². The molecule has 2 aromatic carbocycles. The number of hydrogen-bond acceptors (Lipinski definition) is 3. The van der Waals surface area contributed by atoms with Crippen molar-refractivity contribution in [2.24, 2.45) is 0 Å². The Kier molecular flexibility index (Phi) is 7.07. The number of hydrogen-bond donors (Lipinski definition) is 1. The van der Waals surface area contributed by atoms with E-state index in [9.17, 15) is 4.79 Å². The van der Waals surface area contributed by atoms with Crippen LogP contribution in [0.15, 0.2) is 42.5 Å². The predicted octanol–water partition coefficient (Wildman–Crippen LogP) is 4.35. The van der Waals surface area contributed by atoms with E-state index in [0.29, 0.717) is 13.0 Å². The van der Waals surface area contributed by atoms with E-state index in [1.165, 1.54) is 11.1 Å². The molecule has 1 N–H and O–H groups in total. The van der Waals surface area contributed by atoms with Gasteiger partial charge in [-0.15, -0.1) is 0 Å². The van der Waals surface area contributed by atoms with Gasteiger partial charge in [0, 0.05) is 0 Å². The third-order valence-corrected chi connectivity index (χ3v) is 4.33. The summed E-state index contributed by atoms with van der Waals surface area (Å²) in [7, 11) is 0. The fourth-order valence-electron chi connectivity index (χ4n) is 2.51. The lowest BCUT2D eigenvalue weighted by Crippen LogP contribution is -2.44. The van der Waals surface area contributed by atoms with Gasteiger partial charge in [0.25, 0.3) is 5.91 Å². The molecule has 1 amide bonds. The number of amides is 1. The van der Waals surface area contributed by atoms with Crippen molar-refractivity contribution in [2.45, 2.75) is 53.2 Å². The molecule has 0 aliphatic carbocycles. The van der Waals surface area contributed by atoms with Gasteiger partial charge in [-0.25, -0.2) is 0 Å². The van der Waals surface area contributed by atoms with Gasteiger partial charge in [-0.3, -0.25) is 4.79 Å². The first-order valence-electron chi connectivity index (χ1n) is 9.12. The normalized spacial score (nSPS) is 13.0. The second-order valence-corrected chi connectivity index (χ2v) is 6.79. The smallest absolute Gasteiger partial charge is 0.261 e. The highest BCUT2D eigenvalue weighted by Crippen LogP contribution is 2.18. The van der Waals surface area contributed by atoms with Gasteiger partial charge in [-0.2, -0.15) is 0 Å². The van der Waals surface area contributed by atoms with Gasteiger partial charge in [0.2, 0.25) is 0 Å². The molecule has 0 aromatic heterocycles. The Bertz CT molecular complexity index is 725. The van der Waals surface area contributed by atoms with Crippen molar-refractivity contribution in [1.29, 1.82) is 0 Å². The minimum Gasteiger partial charge on any atom is -0.491 e. The van der Waals surface area contributed by atoms with Gasteiger partial charge in [0.15, 0.2) is 6.10 Å². The zero-order valence-electron chi connectivity index (χ0n) is 16.3. The van der Waals surface area contributed by atoms with E-state index in [0.717, 1.165) is 17.1 Å². The van der Waals surface area contributed by atoms with E-state index in [1.54, 1.807) is 0 Å². The molecule has 2 atom stereocenters. The van der Waals surface area contributed by atoms with Crippen LogP contribution in [0.25, 0.3) is 0 Å². The van der Waals surface area contributed by atoms with Gasteiger partial charge < -0.3 is 14.8 Å². The Hall–Kier alpha value is -2.49. The summed E-state index contributed by atoms with van der Waals surface area (Å²) in [5, 5.41) is 2.97. The molecule has 0 saturated heterocycles. The van der Waals surface area contributed by atoms with Crippen LogP contribution in [-0.2, 0) is 4.79 Å². The second-order valence-electron chi connectivity index (χ2n) is 6.79. The van der Waals surface area contributed by atoms with Crippen LogP contribution in [0, 0.1) is 20.8 Å². The molecular formula is C22H29NO3. The molecular weight excluding hydrogens is 326 g/mol. The number of aryl methyl sites for hydroxylation is 3. The van der Waals surface area contributed by atoms with Gasteiger partial charge in [-0.1, -0.05) is 30.7 Å². The van der Waals surface area contributed by atoms with Crippen molar-refractivity contribution >= 4 is 5.91 Å². The van der Waals surface area contributed by atoms with Crippen LogP contribution in [0.3, 0.4) is 0 Å². The molecule has 0 radical (unpaired) electrons. The third-order valence-electron chi connectivity index (χ3n) is 4.33. The summed E-state index contributed by atoms with van der Waals surface area (Å²) in [6.07, 6.45) is 0.0866. The largest absolute Gasteiger partial charge is 0.491 e.